The molecular formula is C21H24N2O2S. The number of hydrogen-bond donors (Lipinski definition) is 0. The molecule has 3 rings (SSSR count). The molecule has 0 unspecified atom stereocenters. The van der Waals surface area contributed by atoms with Gasteiger partial charge < -0.3 is 4.74 Å². The smallest absolute Gasteiger partial charge is 0.195 e. The summed E-state index contributed by atoms with van der Waals surface area (Å²) in [6.07, 6.45) is 0.917. The molecule has 0 fully saturated rings. The van der Waals surface area contributed by atoms with Gasteiger partial charge in [-0.25, -0.2) is 4.98 Å². The number of aromatic nitrogens is 2. The summed E-state index contributed by atoms with van der Waals surface area (Å²) >= 11 is 1.61. The van der Waals surface area contributed by atoms with Crippen LogP contribution in [0.3, 0.4) is 0 Å². The molecule has 0 spiro atoms. The highest BCUT2D eigenvalue weighted by atomic mass is 32.1. The first-order chi connectivity index (χ1) is 12.2. The highest BCUT2D eigenvalue weighted by molar-refractivity contribution is 7.17. The highest BCUT2D eigenvalue weighted by Crippen LogP contribution is 2.36. The average Bonchev–Trinajstić information content (AvgIpc) is 3.07. The molecule has 0 amide bonds. The summed E-state index contributed by atoms with van der Waals surface area (Å²) in [5, 5.41) is 0. The van der Waals surface area contributed by atoms with Crippen molar-refractivity contribution >= 4 is 22.6 Å². The van der Waals surface area contributed by atoms with Crippen molar-refractivity contribution < 1.29 is 9.53 Å². The number of rotatable bonds is 5. The number of carbonyl (C=O) groups excluding carboxylic acids is 1. The summed E-state index contributed by atoms with van der Waals surface area (Å²) < 4.78 is 7.66. The molecule has 0 aliphatic heterocycles. The zero-order chi connectivity index (χ0) is 19.1. The van der Waals surface area contributed by atoms with Gasteiger partial charge in [-0.2, -0.15) is 0 Å². The number of benzene rings is 1. The fraction of sp³-hybridized carbons (Fsp3) is 0.333. The van der Waals surface area contributed by atoms with Gasteiger partial charge in [0.25, 0.3) is 0 Å². The Morgan fingerprint density at radius 1 is 1.31 bits per heavy atom. The van der Waals surface area contributed by atoms with E-state index in [0.717, 1.165) is 44.4 Å². The second-order valence-corrected chi connectivity index (χ2v) is 8.79. The van der Waals surface area contributed by atoms with Gasteiger partial charge in [-0.05, 0) is 49.2 Å². The van der Waals surface area contributed by atoms with Gasteiger partial charge in [0.1, 0.15) is 18.1 Å². The number of thiazole rings is 1. The second kappa shape index (κ2) is 6.72. The monoisotopic (exact) mass is 368 g/mol. The first kappa shape index (κ1) is 18.4. The van der Waals surface area contributed by atoms with Gasteiger partial charge >= 0.3 is 0 Å². The fourth-order valence-corrected chi connectivity index (χ4v) is 3.95. The van der Waals surface area contributed by atoms with Crippen LogP contribution in [0.25, 0.3) is 16.2 Å². The van der Waals surface area contributed by atoms with Crippen LogP contribution in [-0.2, 0) is 5.41 Å². The first-order valence-electron chi connectivity index (χ1n) is 8.57. The Morgan fingerprint density at radius 2 is 1.96 bits per heavy atom. The minimum atomic E-state index is -0.187. The molecule has 2 aromatic heterocycles. The third-order valence-corrected chi connectivity index (χ3v) is 5.07. The van der Waals surface area contributed by atoms with Gasteiger partial charge in [0.2, 0.25) is 0 Å². The standard InChI is InChI=1S/C21H24N2O2S/c1-13(2)12-25-16-9-7-15(8-10-16)18-14(3)26-20-22-19(21(4,5)6)17(11-24)23(18)20/h7-11H,1,12H2,2-6H3. The minimum absolute atomic E-state index is 0.187. The van der Waals surface area contributed by atoms with Crippen LogP contribution < -0.4 is 4.74 Å². The molecule has 0 bridgehead atoms. The molecule has 0 saturated carbocycles. The molecule has 0 aliphatic rings. The zero-order valence-electron chi connectivity index (χ0n) is 15.9. The Bertz CT molecular complexity index is 972. The predicted molar refractivity (Wildman–Crippen MR) is 108 cm³/mol. The third-order valence-electron chi connectivity index (χ3n) is 4.12. The quantitative estimate of drug-likeness (QED) is 0.445. The van der Waals surface area contributed by atoms with Crippen molar-refractivity contribution in [3.05, 3.63) is 52.7 Å². The minimum Gasteiger partial charge on any atom is -0.489 e. The van der Waals surface area contributed by atoms with Crippen molar-refractivity contribution in [3.8, 4) is 17.0 Å². The summed E-state index contributed by atoms with van der Waals surface area (Å²) in [5.74, 6) is 0.803. The van der Waals surface area contributed by atoms with Crippen LogP contribution in [0.1, 0.15) is 48.8 Å². The van der Waals surface area contributed by atoms with E-state index < -0.39 is 0 Å². The van der Waals surface area contributed by atoms with Crippen molar-refractivity contribution in [2.75, 3.05) is 6.61 Å². The highest BCUT2D eigenvalue weighted by Gasteiger charge is 2.26. The van der Waals surface area contributed by atoms with Crippen LogP contribution in [0.2, 0.25) is 0 Å². The number of hydrogen-bond acceptors (Lipinski definition) is 4. The van der Waals surface area contributed by atoms with Gasteiger partial charge in [0, 0.05) is 10.3 Å². The summed E-state index contributed by atoms with van der Waals surface area (Å²) in [6.45, 7) is 14.6. The van der Waals surface area contributed by atoms with Gasteiger partial charge in [-0.3, -0.25) is 9.20 Å². The Hall–Kier alpha value is -2.40. The summed E-state index contributed by atoms with van der Waals surface area (Å²) in [6, 6.07) is 7.94. The normalized spacial score (nSPS) is 11.7. The lowest BCUT2D eigenvalue weighted by Gasteiger charge is -2.16. The lowest BCUT2D eigenvalue weighted by Crippen LogP contribution is -2.15. The van der Waals surface area contributed by atoms with Crippen LogP contribution in [0.5, 0.6) is 5.75 Å². The number of fused-ring (bicyclic) bond motifs is 1. The van der Waals surface area contributed by atoms with Crippen LogP contribution >= 0.6 is 11.3 Å². The van der Waals surface area contributed by atoms with Crippen LogP contribution in [0.15, 0.2) is 36.4 Å². The van der Waals surface area contributed by atoms with Crippen LogP contribution in [0.4, 0.5) is 0 Å². The lowest BCUT2D eigenvalue weighted by molar-refractivity contribution is 0.111. The number of imidazole rings is 1. The molecule has 0 saturated heterocycles. The molecule has 4 nitrogen and oxygen atoms in total. The maximum Gasteiger partial charge on any atom is 0.195 e. The van der Waals surface area contributed by atoms with E-state index in [0.29, 0.717) is 12.3 Å². The van der Waals surface area contributed by atoms with Crippen LogP contribution in [-0.4, -0.2) is 22.3 Å². The molecule has 26 heavy (non-hydrogen) atoms. The van der Waals surface area contributed by atoms with Gasteiger partial charge in [-0.15, -0.1) is 11.3 Å². The summed E-state index contributed by atoms with van der Waals surface area (Å²) in [4.78, 5) is 18.6. The molecule has 0 N–H and O–H groups in total. The number of ether oxygens (including phenoxy) is 1. The van der Waals surface area contributed by atoms with Crippen molar-refractivity contribution in [2.24, 2.45) is 0 Å². The van der Waals surface area contributed by atoms with E-state index in [1.54, 1.807) is 11.3 Å². The fourth-order valence-electron chi connectivity index (χ4n) is 2.95. The summed E-state index contributed by atoms with van der Waals surface area (Å²) in [7, 11) is 0. The van der Waals surface area contributed by atoms with Crippen molar-refractivity contribution in [1.29, 1.82) is 0 Å². The Balaban J connectivity index is 2.10. The molecule has 0 radical (unpaired) electrons. The van der Waals surface area contributed by atoms with Gasteiger partial charge in [0.05, 0.1) is 11.4 Å². The second-order valence-electron chi connectivity index (χ2n) is 7.61. The summed E-state index contributed by atoms with van der Waals surface area (Å²) in [5.41, 5.74) is 4.32. The number of aldehydes is 1. The third kappa shape index (κ3) is 3.31. The van der Waals surface area contributed by atoms with Gasteiger partial charge in [0.15, 0.2) is 11.2 Å². The molecule has 3 aromatic rings. The first-order valence-corrected chi connectivity index (χ1v) is 9.39. The predicted octanol–water partition coefficient (Wildman–Crippen LogP) is 5.44. The molecule has 1 aromatic carbocycles. The Labute approximate surface area is 158 Å². The molecule has 0 aliphatic carbocycles. The van der Waals surface area contributed by atoms with E-state index >= 15 is 0 Å². The van der Waals surface area contributed by atoms with E-state index in [1.165, 1.54) is 0 Å². The zero-order valence-corrected chi connectivity index (χ0v) is 16.7. The number of carbonyl (C=O) groups is 1. The molecule has 0 atom stereocenters. The largest absolute Gasteiger partial charge is 0.489 e. The lowest BCUT2D eigenvalue weighted by atomic mass is 9.91. The average molecular weight is 369 g/mol. The molecular weight excluding hydrogens is 344 g/mol. The number of nitrogens with zero attached hydrogens (tertiary/aromatic N) is 2. The Morgan fingerprint density at radius 3 is 2.50 bits per heavy atom. The van der Waals surface area contributed by atoms with Crippen molar-refractivity contribution in [3.63, 3.8) is 0 Å². The van der Waals surface area contributed by atoms with E-state index in [1.807, 2.05) is 35.6 Å². The SMILES string of the molecule is C=C(C)COc1ccc(-c2c(C)sc3nc(C(C)(C)C)c(C=O)n23)cc1. The topological polar surface area (TPSA) is 43.6 Å². The molecule has 136 valence electrons. The van der Waals surface area contributed by atoms with Crippen molar-refractivity contribution in [1.82, 2.24) is 9.38 Å². The van der Waals surface area contributed by atoms with Gasteiger partial charge in [-0.1, -0.05) is 27.4 Å². The van der Waals surface area contributed by atoms with E-state index in [2.05, 4.69) is 34.3 Å². The maximum absolute atomic E-state index is 11.9. The molecule has 2 heterocycles. The van der Waals surface area contributed by atoms with E-state index in [9.17, 15) is 4.79 Å². The van der Waals surface area contributed by atoms with E-state index in [-0.39, 0.29) is 5.41 Å². The number of aryl methyl sites for hydroxylation is 1. The van der Waals surface area contributed by atoms with Crippen LogP contribution in [0, 0.1) is 6.92 Å². The Kier molecular flexibility index (Phi) is 4.76. The van der Waals surface area contributed by atoms with E-state index in [4.69, 9.17) is 9.72 Å². The molecule has 5 heteroatoms. The van der Waals surface area contributed by atoms with Crippen molar-refractivity contribution in [2.45, 2.75) is 40.0 Å². The maximum atomic E-state index is 11.9.